The summed E-state index contributed by atoms with van der Waals surface area (Å²) in [7, 11) is 0. The molecule has 17 heavy (non-hydrogen) atoms. The highest BCUT2D eigenvalue weighted by Gasteiger charge is 1.96. The first-order chi connectivity index (χ1) is 8.24. The van der Waals surface area contributed by atoms with Crippen LogP contribution >= 0.6 is 11.8 Å². The topological polar surface area (TPSA) is 26.0 Å². The van der Waals surface area contributed by atoms with Crippen LogP contribution in [0.15, 0.2) is 48.5 Å². The molecule has 88 valence electrons. The highest BCUT2D eigenvalue weighted by Crippen LogP contribution is 2.19. The summed E-state index contributed by atoms with van der Waals surface area (Å²) in [5.41, 5.74) is 10.6. The van der Waals surface area contributed by atoms with Gasteiger partial charge < -0.3 is 5.73 Å². The molecule has 2 N–H and O–H groups in total. The Balaban J connectivity index is 1.87. The number of benzene rings is 2. The first-order valence-electron chi connectivity index (χ1n) is 5.72. The first-order valence-corrected chi connectivity index (χ1v) is 6.87. The quantitative estimate of drug-likeness (QED) is 0.821. The van der Waals surface area contributed by atoms with Crippen molar-refractivity contribution in [2.45, 2.75) is 18.4 Å². The van der Waals surface area contributed by atoms with E-state index < -0.39 is 0 Å². The number of aryl methyl sites for hydroxylation is 1. The molecule has 2 aromatic carbocycles. The van der Waals surface area contributed by atoms with Crippen LogP contribution < -0.4 is 5.73 Å². The van der Waals surface area contributed by atoms with Crippen LogP contribution in [-0.2, 0) is 11.5 Å². The summed E-state index contributed by atoms with van der Waals surface area (Å²) in [5, 5.41) is 0. The summed E-state index contributed by atoms with van der Waals surface area (Å²) in [6.45, 7) is 2.13. The SMILES string of the molecule is Cc1cccc(CSCc2cccc(N)c2)c1. The van der Waals surface area contributed by atoms with Crippen LogP contribution in [0.4, 0.5) is 5.69 Å². The Kier molecular flexibility index (Phi) is 4.10. The molecule has 0 fully saturated rings. The number of hydrogen-bond acceptors (Lipinski definition) is 2. The molecule has 0 heterocycles. The molecular weight excluding hydrogens is 226 g/mol. The van der Waals surface area contributed by atoms with E-state index in [9.17, 15) is 0 Å². The molecule has 2 rings (SSSR count). The van der Waals surface area contributed by atoms with Crippen LogP contribution in [0.2, 0.25) is 0 Å². The van der Waals surface area contributed by atoms with E-state index in [2.05, 4.69) is 37.3 Å². The van der Waals surface area contributed by atoms with Gasteiger partial charge in [0.1, 0.15) is 0 Å². The smallest absolute Gasteiger partial charge is 0.0317 e. The Bertz CT molecular complexity index is 448. The van der Waals surface area contributed by atoms with E-state index >= 15 is 0 Å². The van der Waals surface area contributed by atoms with Crippen LogP contribution in [0.1, 0.15) is 16.7 Å². The van der Waals surface area contributed by atoms with Crippen LogP contribution in [0.3, 0.4) is 0 Å². The normalized spacial score (nSPS) is 10.4. The molecule has 0 saturated heterocycles. The van der Waals surface area contributed by atoms with Gasteiger partial charge in [0.05, 0.1) is 0 Å². The average molecular weight is 243 g/mol. The summed E-state index contributed by atoms with van der Waals surface area (Å²) in [6, 6.07) is 16.8. The van der Waals surface area contributed by atoms with Crippen molar-refractivity contribution in [1.82, 2.24) is 0 Å². The van der Waals surface area contributed by atoms with Gasteiger partial charge in [0.2, 0.25) is 0 Å². The fraction of sp³-hybridized carbons (Fsp3) is 0.200. The Hall–Kier alpha value is -1.41. The summed E-state index contributed by atoms with van der Waals surface area (Å²) in [6.07, 6.45) is 0. The molecule has 0 amide bonds. The summed E-state index contributed by atoms with van der Waals surface area (Å²) >= 11 is 1.92. The number of anilines is 1. The van der Waals surface area contributed by atoms with Gasteiger partial charge in [-0.1, -0.05) is 42.0 Å². The molecule has 0 aliphatic carbocycles. The third-order valence-corrected chi connectivity index (χ3v) is 3.65. The van der Waals surface area contributed by atoms with E-state index in [-0.39, 0.29) is 0 Å². The lowest BCUT2D eigenvalue weighted by Gasteiger charge is -2.04. The molecule has 1 nitrogen and oxygen atoms in total. The van der Waals surface area contributed by atoms with Crippen molar-refractivity contribution in [3.63, 3.8) is 0 Å². The van der Waals surface area contributed by atoms with Gasteiger partial charge in [-0.25, -0.2) is 0 Å². The molecule has 0 bridgehead atoms. The molecular formula is C15H17NS. The molecule has 0 unspecified atom stereocenters. The Labute approximate surface area is 107 Å². The highest BCUT2D eigenvalue weighted by atomic mass is 32.2. The molecule has 2 aromatic rings. The van der Waals surface area contributed by atoms with E-state index in [0.29, 0.717) is 0 Å². The van der Waals surface area contributed by atoms with Crippen molar-refractivity contribution in [2.75, 3.05) is 5.73 Å². The summed E-state index contributed by atoms with van der Waals surface area (Å²) in [5.74, 6) is 2.06. The van der Waals surface area contributed by atoms with Crippen LogP contribution in [0.25, 0.3) is 0 Å². The summed E-state index contributed by atoms with van der Waals surface area (Å²) < 4.78 is 0. The van der Waals surface area contributed by atoms with Crippen molar-refractivity contribution in [2.24, 2.45) is 0 Å². The zero-order valence-corrected chi connectivity index (χ0v) is 10.8. The molecule has 0 saturated carbocycles. The molecule has 0 aliphatic heterocycles. The van der Waals surface area contributed by atoms with E-state index in [4.69, 9.17) is 5.73 Å². The molecule has 0 atom stereocenters. The largest absolute Gasteiger partial charge is 0.399 e. The zero-order chi connectivity index (χ0) is 12.1. The van der Waals surface area contributed by atoms with Crippen molar-refractivity contribution >= 4 is 17.4 Å². The second kappa shape index (κ2) is 5.78. The fourth-order valence-corrected chi connectivity index (χ4v) is 2.70. The number of rotatable bonds is 4. The molecule has 0 radical (unpaired) electrons. The number of nitrogens with two attached hydrogens (primary N) is 1. The predicted molar refractivity (Wildman–Crippen MR) is 77.0 cm³/mol. The van der Waals surface area contributed by atoms with Gasteiger partial charge in [-0.15, -0.1) is 0 Å². The third kappa shape index (κ3) is 3.82. The fourth-order valence-electron chi connectivity index (χ4n) is 1.77. The zero-order valence-electron chi connectivity index (χ0n) is 10.0. The van der Waals surface area contributed by atoms with E-state index in [1.165, 1.54) is 16.7 Å². The van der Waals surface area contributed by atoms with Gasteiger partial charge in [0, 0.05) is 17.2 Å². The third-order valence-electron chi connectivity index (χ3n) is 2.57. The molecule has 0 aromatic heterocycles. The number of hydrogen-bond donors (Lipinski definition) is 1. The van der Waals surface area contributed by atoms with E-state index in [1.54, 1.807) is 0 Å². The van der Waals surface area contributed by atoms with E-state index in [1.807, 2.05) is 30.0 Å². The van der Waals surface area contributed by atoms with Crippen molar-refractivity contribution in [1.29, 1.82) is 0 Å². The minimum atomic E-state index is 0.846. The first kappa shape index (κ1) is 12.1. The Morgan fingerprint density at radius 1 is 0.941 bits per heavy atom. The number of thioether (sulfide) groups is 1. The van der Waals surface area contributed by atoms with Crippen LogP contribution in [0, 0.1) is 6.92 Å². The Morgan fingerprint density at radius 2 is 1.59 bits per heavy atom. The van der Waals surface area contributed by atoms with Gasteiger partial charge in [-0.2, -0.15) is 11.8 Å². The minimum Gasteiger partial charge on any atom is -0.399 e. The lowest BCUT2D eigenvalue weighted by atomic mass is 10.2. The average Bonchev–Trinajstić information content (AvgIpc) is 2.29. The van der Waals surface area contributed by atoms with Gasteiger partial charge in [-0.05, 0) is 30.2 Å². The maximum absolute atomic E-state index is 5.75. The van der Waals surface area contributed by atoms with Crippen molar-refractivity contribution in [3.8, 4) is 0 Å². The maximum Gasteiger partial charge on any atom is 0.0317 e. The maximum atomic E-state index is 5.75. The van der Waals surface area contributed by atoms with Crippen LogP contribution in [0.5, 0.6) is 0 Å². The van der Waals surface area contributed by atoms with Gasteiger partial charge in [-0.3, -0.25) is 0 Å². The second-order valence-electron chi connectivity index (χ2n) is 4.23. The minimum absolute atomic E-state index is 0.846. The lowest BCUT2D eigenvalue weighted by Crippen LogP contribution is -1.88. The second-order valence-corrected chi connectivity index (χ2v) is 5.21. The number of nitrogen functional groups attached to an aromatic ring is 1. The molecule has 0 aliphatic rings. The van der Waals surface area contributed by atoms with E-state index in [0.717, 1.165) is 17.2 Å². The van der Waals surface area contributed by atoms with Crippen molar-refractivity contribution < 1.29 is 0 Å². The van der Waals surface area contributed by atoms with Crippen LogP contribution in [-0.4, -0.2) is 0 Å². The predicted octanol–water partition coefficient (Wildman–Crippen LogP) is 4.01. The Morgan fingerprint density at radius 3 is 2.24 bits per heavy atom. The standard InChI is InChI=1S/C15H17NS/c1-12-4-2-5-13(8-12)10-17-11-14-6-3-7-15(16)9-14/h2-9H,10-11,16H2,1H3. The van der Waals surface area contributed by atoms with Gasteiger partial charge in [0.25, 0.3) is 0 Å². The summed E-state index contributed by atoms with van der Waals surface area (Å²) in [4.78, 5) is 0. The highest BCUT2D eigenvalue weighted by molar-refractivity contribution is 7.97. The van der Waals surface area contributed by atoms with Gasteiger partial charge >= 0.3 is 0 Å². The lowest BCUT2D eigenvalue weighted by molar-refractivity contribution is 1.33. The monoisotopic (exact) mass is 243 g/mol. The molecule has 0 spiro atoms. The molecule has 2 heteroatoms. The van der Waals surface area contributed by atoms with Gasteiger partial charge in [0.15, 0.2) is 0 Å². The van der Waals surface area contributed by atoms with Crippen molar-refractivity contribution in [3.05, 3.63) is 65.2 Å².